The average molecular weight is 477 g/mol. The monoisotopic (exact) mass is 476 g/mol. The Labute approximate surface area is 201 Å². The lowest BCUT2D eigenvalue weighted by atomic mass is 10.2. The molecule has 4 aromatic rings. The molecule has 5 rings (SSSR count). The van der Waals surface area contributed by atoms with Gasteiger partial charge < -0.3 is 19.1 Å². The summed E-state index contributed by atoms with van der Waals surface area (Å²) in [6.45, 7) is 3.16. The second-order valence-corrected chi connectivity index (χ2v) is 8.35. The molecule has 10 heteroatoms. The van der Waals surface area contributed by atoms with Crippen LogP contribution in [0, 0.1) is 4.77 Å². The number of nitrogens with one attached hydrogen (secondary N) is 1. The molecule has 0 spiro atoms. The first kappa shape index (κ1) is 22.1. The normalized spacial score (nSPS) is 14.3. The second-order valence-electron chi connectivity index (χ2n) is 7.96. The van der Waals surface area contributed by atoms with Gasteiger partial charge in [0.25, 0.3) is 5.91 Å². The Morgan fingerprint density at radius 1 is 1.09 bits per heavy atom. The number of methoxy groups -OCH3 is 1. The number of nitrogens with zero attached hydrogens (tertiary/aromatic N) is 5. The molecule has 1 fully saturated rings. The standard InChI is InChI=1S/C24H24N6O3S/c1-32-19-9-7-17(8-10-19)22-26-21(33-27-22)16-28-11-13-29(14-12-28)23(31)20-15-25-24(34)30(20)18-5-3-2-4-6-18/h2-10,15H,11-14,16H2,1H3,(H,25,34). The number of benzene rings is 2. The van der Waals surface area contributed by atoms with Crippen LogP contribution in [0.25, 0.3) is 17.1 Å². The third kappa shape index (κ3) is 4.50. The topological polar surface area (TPSA) is 92.4 Å². The van der Waals surface area contributed by atoms with E-state index in [0.29, 0.717) is 54.9 Å². The van der Waals surface area contributed by atoms with E-state index in [1.165, 1.54) is 0 Å². The molecule has 9 nitrogen and oxygen atoms in total. The van der Waals surface area contributed by atoms with E-state index in [2.05, 4.69) is 20.0 Å². The van der Waals surface area contributed by atoms with Gasteiger partial charge in [-0.15, -0.1) is 0 Å². The maximum Gasteiger partial charge on any atom is 0.272 e. The van der Waals surface area contributed by atoms with E-state index < -0.39 is 0 Å². The van der Waals surface area contributed by atoms with E-state index >= 15 is 0 Å². The van der Waals surface area contributed by atoms with E-state index in [1.807, 2.05) is 59.5 Å². The van der Waals surface area contributed by atoms with Crippen molar-refractivity contribution < 1.29 is 14.1 Å². The van der Waals surface area contributed by atoms with E-state index in [1.54, 1.807) is 17.9 Å². The molecule has 1 saturated heterocycles. The van der Waals surface area contributed by atoms with Gasteiger partial charge in [-0.1, -0.05) is 23.4 Å². The molecule has 0 aliphatic carbocycles. The van der Waals surface area contributed by atoms with Crippen LogP contribution >= 0.6 is 12.2 Å². The fourth-order valence-electron chi connectivity index (χ4n) is 4.00. The fraction of sp³-hybridized carbons (Fsp3) is 0.250. The van der Waals surface area contributed by atoms with Gasteiger partial charge in [-0.25, -0.2) is 0 Å². The lowest BCUT2D eigenvalue weighted by Gasteiger charge is -2.34. The second kappa shape index (κ2) is 9.62. The Bertz CT molecular complexity index is 1320. The van der Waals surface area contributed by atoms with Gasteiger partial charge >= 0.3 is 0 Å². The molecule has 0 atom stereocenters. The van der Waals surface area contributed by atoms with Crippen molar-refractivity contribution in [2.75, 3.05) is 33.3 Å². The Hall–Kier alpha value is -3.76. The number of piperazine rings is 1. The van der Waals surface area contributed by atoms with Crippen LogP contribution in [0.2, 0.25) is 0 Å². The molecular weight excluding hydrogens is 452 g/mol. The van der Waals surface area contributed by atoms with Crippen LogP contribution in [0.15, 0.2) is 65.3 Å². The van der Waals surface area contributed by atoms with E-state index in [9.17, 15) is 4.79 Å². The highest BCUT2D eigenvalue weighted by molar-refractivity contribution is 7.71. The number of aromatic nitrogens is 4. The maximum absolute atomic E-state index is 13.2. The van der Waals surface area contributed by atoms with Crippen LogP contribution in [0.3, 0.4) is 0 Å². The lowest BCUT2D eigenvalue weighted by Crippen LogP contribution is -2.48. The van der Waals surface area contributed by atoms with Gasteiger partial charge in [-0.2, -0.15) is 4.98 Å². The molecule has 0 unspecified atom stereocenters. The van der Waals surface area contributed by atoms with Gasteiger partial charge in [0.05, 0.1) is 13.7 Å². The minimum Gasteiger partial charge on any atom is -0.497 e. The highest BCUT2D eigenvalue weighted by Crippen LogP contribution is 2.21. The largest absolute Gasteiger partial charge is 0.497 e. The summed E-state index contributed by atoms with van der Waals surface area (Å²) >= 11 is 5.42. The Balaban J connectivity index is 1.21. The predicted molar refractivity (Wildman–Crippen MR) is 128 cm³/mol. The third-order valence-electron chi connectivity index (χ3n) is 5.84. The number of carbonyl (C=O) groups excluding carboxylic acids is 1. The van der Waals surface area contributed by atoms with E-state index in [0.717, 1.165) is 17.0 Å². The van der Waals surface area contributed by atoms with Crippen molar-refractivity contribution in [1.29, 1.82) is 0 Å². The third-order valence-corrected chi connectivity index (χ3v) is 6.14. The van der Waals surface area contributed by atoms with Crippen molar-refractivity contribution in [3.05, 3.63) is 77.1 Å². The van der Waals surface area contributed by atoms with Crippen molar-refractivity contribution >= 4 is 18.1 Å². The van der Waals surface area contributed by atoms with Gasteiger partial charge in [0.2, 0.25) is 11.7 Å². The molecule has 2 aromatic heterocycles. The molecule has 0 bridgehead atoms. The molecule has 1 amide bonds. The Morgan fingerprint density at radius 2 is 1.82 bits per heavy atom. The summed E-state index contributed by atoms with van der Waals surface area (Å²) in [6.07, 6.45) is 1.68. The van der Waals surface area contributed by atoms with Crippen molar-refractivity contribution in [3.63, 3.8) is 0 Å². The number of hydrogen-bond acceptors (Lipinski definition) is 7. The smallest absolute Gasteiger partial charge is 0.272 e. The van der Waals surface area contributed by atoms with Gasteiger partial charge in [0.1, 0.15) is 11.4 Å². The zero-order valence-electron chi connectivity index (χ0n) is 18.7. The minimum absolute atomic E-state index is 0.0459. The number of ether oxygens (including phenoxy) is 1. The highest BCUT2D eigenvalue weighted by atomic mass is 32.1. The van der Waals surface area contributed by atoms with Gasteiger partial charge in [-0.05, 0) is 48.6 Å². The maximum atomic E-state index is 13.2. The fourth-order valence-corrected chi connectivity index (χ4v) is 4.26. The first-order valence-electron chi connectivity index (χ1n) is 11.0. The highest BCUT2D eigenvalue weighted by Gasteiger charge is 2.26. The van der Waals surface area contributed by atoms with Crippen molar-refractivity contribution in [1.82, 2.24) is 29.5 Å². The molecule has 34 heavy (non-hydrogen) atoms. The molecule has 0 radical (unpaired) electrons. The summed E-state index contributed by atoms with van der Waals surface area (Å²) in [5.74, 6) is 1.83. The number of rotatable bonds is 6. The number of carbonyl (C=O) groups is 1. The van der Waals surface area contributed by atoms with Gasteiger partial charge in [0.15, 0.2) is 4.77 Å². The zero-order chi connectivity index (χ0) is 23.5. The molecule has 1 aliphatic heterocycles. The summed E-state index contributed by atoms with van der Waals surface area (Å²) in [7, 11) is 1.63. The average Bonchev–Trinajstić information content (AvgIpc) is 3.51. The van der Waals surface area contributed by atoms with Crippen LogP contribution < -0.4 is 4.74 Å². The van der Waals surface area contributed by atoms with Gasteiger partial charge in [0, 0.05) is 43.6 Å². The zero-order valence-corrected chi connectivity index (χ0v) is 19.5. The van der Waals surface area contributed by atoms with Gasteiger partial charge in [-0.3, -0.25) is 14.3 Å². The summed E-state index contributed by atoms with van der Waals surface area (Å²) in [6, 6.07) is 17.2. The molecule has 1 N–H and O–H groups in total. The number of aromatic amines is 1. The summed E-state index contributed by atoms with van der Waals surface area (Å²) in [4.78, 5) is 24.8. The number of amides is 1. The summed E-state index contributed by atoms with van der Waals surface area (Å²) in [5.41, 5.74) is 2.26. The van der Waals surface area contributed by atoms with Crippen LogP contribution in [-0.4, -0.2) is 68.7 Å². The van der Waals surface area contributed by atoms with Crippen LogP contribution in [0.5, 0.6) is 5.75 Å². The van der Waals surface area contributed by atoms with Crippen LogP contribution in [0.1, 0.15) is 16.4 Å². The SMILES string of the molecule is COc1ccc(-c2noc(CN3CCN(C(=O)c4c[nH]c(=S)n4-c4ccccc4)CC3)n2)cc1. The summed E-state index contributed by atoms with van der Waals surface area (Å²) < 4.78 is 12.9. The molecule has 3 heterocycles. The number of hydrogen-bond donors (Lipinski definition) is 1. The number of imidazole rings is 1. The Morgan fingerprint density at radius 3 is 2.53 bits per heavy atom. The lowest BCUT2D eigenvalue weighted by molar-refractivity contribution is 0.0607. The van der Waals surface area contributed by atoms with Crippen molar-refractivity contribution in [2.24, 2.45) is 0 Å². The van der Waals surface area contributed by atoms with Crippen molar-refractivity contribution in [2.45, 2.75) is 6.54 Å². The molecule has 2 aromatic carbocycles. The number of para-hydroxylation sites is 1. The van der Waals surface area contributed by atoms with Crippen molar-refractivity contribution in [3.8, 4) is 22.8 Å². The quantitative estimate of drug-likeness (QED) is 0.426. The molecule has 174 valence electrons. The number of H-pyrrole nitrogens is 1. The molecular formula is C24H24N6O3S. The van der Waals surface area contributed by atoms with Crippen LogP contribution in [0.4, 0.5) is 0 Å². The summed E-state index contributed by atoms with van der Waals surface area (Å²) in [5, 5.41) is 4.10. The first-order valence-corrected chi connectivity index (χ1v) is 11.4. The molecule has 1 aliphatic rings. The van der Waals surface area contributed by atoms with E-state index in [-0.39, 0.29) is 5.91 Å². The molecule has 0 saturated carbocycles. The minimum atomic E-state index is -0.0459. The first-order chi connectivity index (χ1) is 16.6. The predicted octanol–water partition coefficient (Wildman–Crippen LogP) is 3.55. The Kier molecular flexibility index (Phi) is 6.24. The van der Waals surface area contributed by atoms with Crippen LogP contribution in [-0.2, 0) is 6.54 Å². The van der Waals surface area contributed by atoms with E-state index in [4.69, 9.17) is 21.5 Å².